The van der Waals surface area contributed by atoms with Crippen molar-refractivity contribution in [3.05, 3.63) is 0 Å². The summed E-state index contributed by atoms with van der Waals surface area (Å²) < 4.78 is 5.69. The zero-order valence-electron chi connectivity index (χ0n) is 10.6. The molecule has 0 fully saturated rings. The van der Waals surface area contributed by atoms with Gasteiger partial charge in [0.15, 0.2) is 0 Å². The number of hydrogen-bond acceptors (Lipinski definition) is 3. The van der Waals surface area contributed by atoms with Crippen LogP contribution in [0.15, 0.2) is 0 Å². The summed E-state index contributed by atoms with van der Waals surface area (Å²) in [5.41, 5.74) is 5.80. The molecule has 0 aromatic heterocycles. The van der Waals surface area contributed by atoms with Gasteiger partial charge >= 0.3 is 0 Å². The second-order valence-electron chi connectivity index (χ2n) is 5.57. The molecule has 0 saturated carbocycles. The third-order valence-corrected chi connectivity index (χ3v) is 2.71. The maximum Gasteiger partial charge on any atom is 0.0645 e. The first-order valence-electron chi connectivity index (χ1n) is 5.16. The standard InChI is InChI=1S/C11H26N2O/c1-10(2,7-12)8-14-9-11(3,4)13(5)6/h7-9,12H2,1-6H3. The van der Waals surface area contributed by atoms with Gasteiger partial charge in [0.05, 0.1) is 13.2 Å². The molecule has 0 atom stereocenters. The molecule has 0 aliphatic carbocycles. The van der Waals surface area contributed by atoms with E-state index in [2.05, 4.69) is 46.7 Å². The maximum atomic E-state index is 5.69. The highest BCUT2D eigenvalue weighted by Gasteiger charge is 2.22. The summed E-state index contributed by atoms with van der Waals surface area (Å²) in [5, 5.41) is 0. The van der Waals surface area contributed by atoms with Crippen molar-refractivity contribution < 1.29 is 4.74 Å². The quantitative estimate of drug-likeness (QED) is 0.706. The lowest BCUT2D eigenvalue weighted by Gasteiger charge is -2.33. The van der Waals surface area contributed by atoms with E-state index < -0.39 is 0 Å². The SMILES string of the molecule is CN(C)C(C)(C)COCC(C)(C)CN. The molecule has 0 amide bonds. The van der Waals surface area contributed by atoms with Gasteiger partial charge in [-0.05, 0) is 34.5 Å². The number of rotatable bonds is 6. The lowest BCUT2D eigenvalue weighted by atomic mass is 9.95. The molecule has 0 aromatic rings. The van der Waals surface area contributed by atoms with Gasteiger partial charge in [-0.1, -0.05) is 13.8 Å². The number of ether oxygens (including phenoxy) is 1. The second-order valence-corrected chi connectivity index (χ2v) is 5.57. The van der Waals surface area contributed by atoms with Crippen LogP contribution in [0.4, 0.5) is 0 Å². The Morgan fingerprint density at radius 2 is 1.57 bits per heavy atom. The molecule has 2 N–H and O–H groups in total. The van der Waals surface area contributed by atoms with Crippen molar-refractivity contribution in [2.24, 2.45) is 11.1 Å². The van der Waals surface area contributed by atoms with Crippen molar-refractivity contribution in [3.8, 4) is 0 Å². The lowest BCUT2D eigenvalue weighted by molar-refractivity contribution is 0.00258. The molecule has 0 aliphatic heterocycles. The summed E-state index contributed by atoms with van der Waals surface area (Å²) in [6.07, 6.45) is 0. The predicted molar refractivity (Wildman–Crippen MR) is 61.4 cm³/mol. The van der Waals surface area contributed by atoms with E-state index in [1.165, 1.54) is 0 Å². The van der Waals surface area contributed by atoms with Gasteiger partial charge in [-0.3, -0.25) is 0 Å². The third-order valence-electron chi connectivity index (χ3n) is 2.71. The Bertz CT molecular complexity index is 165. The van der Waals surface area contributed by atoms with Crippen LogP contribution in [-0.4, -0.2) is 44.3 Å². The molecule has 0 saturated heterocycles. The average molecular weight is 202 g/mol. The van der Waals surface area contributed by atoms with E-state index in [4.69, 9.17) is 10.5 Å². The van der Waals surface area contributed by atoms with Gasteiger partial charge in [0, 0.05) is 11.0 Å². The van der Waals surface area contributed by atoms with Crippen LogP contribution >= 0.6 is 0 Å². The second kappa shape index (κ2) is 5.10. The Hall–Kier alpha value is -0.120. The summed E-state index contributed by atoms with van der Waals surface area (Å²) in [6, 6.07) is 0. The predicted octanol–water partition coefficient (Wildman–Crippen LogP) is 1.33. The lowest BCUT2D eigenvalue weighted by Crippen LogP contribution is -2.43. The fourth-order valence-electron chi connectivity index (χ4n) is 0.765. The number of nitrogens with zero attached hydrogens (tertiary/aromatic N) is 1. The highest BCUT2D eigenvalue weighted by molar-refractivity contribution is 4.77. The van der Waals surface area contributed by atoms with E-state index in [0.29, 0.717) is 6.54 Å². The Morgan fingerprint density at radius 3 is 1.93 bits per heavy atom. The van der Waals surface area contributed by atoms with E-state index in [1.54, 1.807) is 0 Å². The zero-order valence-corrected chi connectivity index (χ0v) is 10.6. The van der Waals surface area contributed by atoms with Crippen LogP contribution in [-0.2, 0) is 4.74 Å². The van der Waals surface area contributed by atoms with Crippen molar-refractivity contribution >= 4 is 0 Å². The van der Waals surface area contributed by atoms with E-state index in [9.17, 15) is 0 Å². The van der Waals surface area contributed by atoms with Crippen LogP contribution in [0.1, 0.15) is 27.7 Å². The van der Waals surface area contributed by atoms with Gasteiger partial charge in [-0.15, -0.1) is 0 Å². The summed E-state index contributed by atoms with van der Waals surface area (Å²) in [4.78, 5) is 2.17. The zero-order chi connectivity index (χ0) is 11.4. The monoisotopic (exact) mass is 202 g/mol. The first-order chi connectivity index (χ1) is 6.21. The summed E-state index contributed by atoms with van der Waals surface area (Å²) in [7, 11) is 4.13. The Labute approximate surface area is 88.6 Å². The van der Waals surface area contributed by atoms with Gasteiger partial charge < -0.3 is 15.4 Å². The fourth-order valence-corrected chi connectivity index (χ4v) is 0.765. The molecule has 86 valence electrons. The minimum Gasteiger partial charge on any atom is -0.379 e. The Kier molecular flexibility index (Phi) is 5.06. The molecule has 0 unspecified atom stereocenters. The molecule has 0 radical (unpaired) electrons. The third kappa shape index (κ3) is 4.94. The van der Waals surface area contributed by atoms with Crippen LogP contribution < -0.4 is 5.73 Å². The molecule has 14 heavy (non-hydrogen) atoms. The molecular weight excluding hydrogens is 176 g/mol. The van der Waals surface area contributed by atoms with Crippen LogP contribution in [0.2, 0.25) is 0 Å². The smallest absolute Gasteiger partial charge is 0.0645 e. The van der Waals surface area contributed by atoms with Gasteiger partial charge in [0.2, 0.25) is 0 Å². The maximum absolute atomic E-state index is 5.69. The van der Waals surface area contributed by atoms with Gasteiger partial charge in [0.25, 0.3) is 0 Å². The highest BCUT2D eigenvalue weighted by Crippen LogP contribution is 2.16. The summed E-state index contributed by atoms with van der Waals surface area (Å²) >= 11 is 0. The normalized spacial score (nSPS) is 13.7. The Morgan fingerprint density at radius 1 is 1.07 bits per heavy atom. The summed E-state index contributed by atoms with van der Waals surface area (Å²) in [5.74, 6) is 0. The van der Waals surface area contributed by atoms with E-state index in [1.807, 2.05) is 0 Å². The topological polar surface area (TPSA) is 38.5 Å². The van der Waals surface area contributed by atoms with Crippen molar-refractivity contribution in [2.45, 2.75) is 33.2 Å². The molecule has 0 spiro atoms. The average Bonchev–Trinajstić information content (AvgIpc) is 2.03. The number of nitrogens with two attached hydrogens (primary N) is 1. The fraction of sp³-hybridized carbons (Fsp3) is 1.00. The van der Waals surface area contributed by atoms with E-state index >= 15 is 0 Å². The summed E-state index contributed by atoms with van der Waals surface area (Å²) in [6.45, 7) is 10.7. The first-order valence-corrected chi connectivity index (χ1v) is 5.16. The number of hydrogen-bond donors (Lipinski definition) is 1. The van der Waals surface area contributed by atoms with Crippen LogP contribution in [0.25, 0.3) is 0 Å². The molecule has 3 heteroatoms. The molecule has 0 aromatic carbocycles. The van der Waals surface area contributed by atoms with Crippen molar-refractivity contribution in [2.75, 3.05) is 33.9 Å². The molecule has 0 heterocycles. The van der Waals surface area contributed by atoms with E-state index in [-0.39, 0.29) is 11.0 Å². The molecule has 3 nitrogen and oxygen atoms in total. The molecule has 0 rings (SSSR count). The molecule has 0 aliphatic rings. The minimum atomic E-state index is 0.0857. The molecule has 0 bridgehead atoms. The Balaban J connectivity index is 3.85. The molecular formula is C11H26N2O. The minimum absolute atomic E-state index is 0.0857. The first kappa shape index (κ1) is 13.9. The van der Waals surface area contributed by atoms with Crippen molar-refractivity contribution in [1.82, 2.24) is 4.90 Å². The highest BCUT2D eigenvalue weighted by atomic mass is 16.5. The van der Waals surface area contributed by atoms with Crippen LogP contribution in [0.3, 0.4) is 0 Å². The van der Waals surface area contributed by atoms with Gasteiger partial charge in [-0.2, -0.15) is 0 Å². The van der Waals surface area contributed by atoms with Gasteiger partial charge in [-0.25, -0.2) is 0 Å². The van der Waals surface area contributed by atoms with E-state index in [0.717, 1.165) is 13.2 Å². The van der Waals surface area contributed by atoms with Crippen LogP contribution in [0, 0.1) is 5.41 Å². The van der Waals surface area contributed by atoms with Crippen molar-refractivity contribution in [3.63, 3.8) is 0 Å². The van der Waals surface area contributed by atoms with Crippen LogP contribution in [0.5, 0.6) is 0 Å². The van der Waals surface area contributed by atoms with Crippen molar-refractivity contribution in [1.29, 1.82) is 0 Å². The van der Waals surface area contributed by atoms with Gasteiger partial charge in [0.1, 0.15) is 0 Å². The number of likely N-dealkylation sites (N-methyl/N-ethyl adjacent to an activating group) is 1. The largest absolute Gasteiger partial charge is 0.379 e.